The van der Waals surface area contributed by atoms with Gasteiger partial charge in [0.15, 0.2) is 0 Å². The van der Waals surface area contributed by atoms with E-state index in [1.807, 2.05) is 0 Å². The molecule has 0 bridgehead atoms. The minimum absolute atomic E-state index is 0.534. The third-order valence-corrected chi connectivity index (χ3v) is 6.10. The summed E-state index contributed by atoms with van der Waals surface area (Å²) in [5.74, 6) is 0.534. The normalized spacial score (nSPS) is 11.2. The van der Waals surface area contributed by atoms with Crippen molar-refractivity contribution >= 4 is 10.8 Å². The second-order valence-electron chi connectivity index (χ2n) is 8.43. The Kier molecular flexibility index (Phi) is 5.14. The van der Waals surface area contributed by atoms with Crippen molar-refractivity contribution < 1.29 is 0 Å². The van der Waals surface area contributed by atoms with Gasteiger partial charge in [-0.25, -0.2) is 0 Å². The summed E-state index contributed by atoms with van der Waals surface area (Å²) in [4.78, 5) is 0. The van der Waals surface area contributed by atoms with E-state index in [0.29, 0.717) is 5.92 Å². The molecule has 0 N–H and O–H groups in total. The Hall–Kier alpha value is -3.64. The predicted octanol–water partition coefficient (Wildman–Crippen LogP) is 8.96. The number of benzene rings is 5. The first kappa shape index (κ1) is 19.3. The molecule has 0 amide bonds. The van der Waals surface area contributed by atoms with Crippen LogP contribution in [0.2, 0.25) is 0 Å². The van der Waals surface area contributed by atoms with Crippen molar-refractivity contribution in [3.63, 3.8) is 0 Å². The summed E-state index contributed by atoms with van der Waals surface area (Å²) in [6.45, 7) is 4.49. The molecule has 0 aromatic heterocycles. The first-order chi connectivity index (χ1) is 15.2. The molecule has 150 valence electrons. The van der Waals surface area contributed by atoms with Crippen molar-refractivity contribution in [2.45, 2.75) is 19.8 Å². The fourth-order valence-corrected chi connectivity index (χ4v) is 4.33. The van der Waals surface area contributed by atoms with E-state index in [-0.39, 0.29) is 0 Å². The summed E-state index contributed by atoms with van der Waals surface area (Å²) in [7, 11) is 0. The van der Waals surface area contributed by atoms with Crippen LogP contribution in [0.5, 0.6) is 0 Å². The van der Waals surface area contributed by atoms with E-state index >= 15 is 0 Å². The molecule has 0 aliphatic carbocycles. The van der Waals surface area contributed by atoms with E-state index in [0.717, 1.165) is 0 Å². The van der Waals surface area contributed by atoms with Crippen LogP contribution in [0.4, 0.5) is 0 Å². The monoisotopic (exact) mass is 398 g/mol. The van der Waals surface area contributed by atoms with Gasteiger partial charge in [0.2, 0.25) is 0 Å². The number of fused-ring (bicyclic) bond motifs is 1. The average Bonchev–Trinajstić information content (AvgIpc) is 2.84. The van der Waals surface area contributed by atoms with Crippen LogP contribution in [0.25, 0.3) is 44.2 Å². The smallest absolute Gasteiger partial charge is 0.00268 e. The predicted molar refractivity (Wildman–Crippen MR) is 134 cm³/mol. The van der Waals surface area contributed by atoms with E-state index in [2.05, 4.69) is 129 Å². The highest BCUT2D eigenvalue weighted by atomic mass is 14.2. The zero-order valence-corrected chi connectivity index (χ0v) is 18.0. The third-order valence-electron chi connectivity index (χ3n) is 6.10. The molecule has 0 radical (unpaired) electrons. The van der Waals surface area contributed by atoms with Crippen LogP contribution in [0.15, 0.2) is 115 Å². The Morgan fingerprint density at radius 3 is 1.74 bits per heavy atom. The Morgan fingerprint density at radius 1 is 0.452 bits per heavy atom. The second-order valence-corrected chi connectivity index (χ2v) is 8.43. The van der Waals surface area contributed by atoms with Gasteiger partial charge in [-0.2, -0.15) is 0 Å². The maximum atomic E-state index is 2.28. The lowest BCUT2D eigenvalue weighted by Gasteiger charge is -2.16. The van der Waals surface area contributed by atoms with Crippen molar-refractivity contribution in [1.82, 2.24) is 0 Å². The highest BCUT2D eigenvalue weighted by Crippen LogP contribution is 2.39. The van der Waals surface area contributed by atoms with Gasteiger partial charge in [-0.05, 0) is 55.6 Å². The molecule has 5 rings (SSSR count). The van der Waals surface area contributed by atoms with Crippen molar-refractivity contribution in [3.05, 3.63) is 121 Å². The zero-order valence-electron chi connectivity index (χ0n) is 18.0. The maximum absolute atomic E-state index is 2.28. The van der Waals surface area contributed by atoms with Crippen LogP contribution >= 0.6 is 0 Å². The molecule has 0 spiro atoms. The SMILES string of the molecule is CC(C)c1ccc(-c2c(-c3ccc(-c4ccccc4)cc3)ccc3ccccc23)cc1. The summed E-state index contributed by atoms with van der Waals surface area (Å²) >= 11 is 0. The fraction of sp³-hybridized carbons (Fsp3) is 0.0968. The van der Waals surface area contributed by atoms with Gasteiger partial charge in [0.25, 0.3) is 0 Å². The minimum Gasteiger partial charge on any atom is -0.0622 e. The Bertz CT molecular complexity index is 1310. The van der Waals surface area contributed by atoms with Crippen LogP contribution in [-0.4, -0.2) is 0 Å². The van der Waals surface area contributed by atoms with Crippen LogP contribution in [0.3, 0.4) is 0 Å². The highest BCUT2D eigenvalue weighted by Gasteiger charge is 2.12. The lowest BCUT2D eigenvalue weighted by Crippen LogP contribution is -1.90. The van der Waals surface area contributed by atoms with Crippen molar-refractivity contribution in [1.29, 1.82) is 0 Å². The molecule has 0 saturated carbocycles. The quantitative estimate of drug-likeness (QED) is 0.283. The summed E-state index contributed by atoms with van der Waals surface area (Å²) in [6.07, 6.45) is 0. The van der Waals surface area contributed by atoms with Gasteiger partial charge < -0.3 is 0 Å². The van der Waals surface area contributed by atoms with Gasteiger partial charge in [0.05, 0.1) is 0 Å². The third kappa shape index (κ3) is 3.78. The molecule has 0 saturated heterocycles. The van der Waals surface area contributed by atoms with Gasteiger partial charge >= 0.3 is 0 Å². The lowest BCUT2D eigenvalue weighted by atomic mass is 9.88. The van der Waals surface area contributed by atoms with E-state index in [9.17, 15) is 0 Å². The molecule has 5 aromatic carbocycles. The average molecular weight is 399 g/mol. The van der Waals surface area contributed by atoms with Crippen LogP contribution in [0.1, 0.15) is 25.3 Å². The molecule has 0 aliphatic heterocycles. The van der Waals surface area contributed by atoms with Gasteiger partial charge in [-0.15, -0.1) is 0 Å². The van der Waals surface area contributed by atoms with Crippen molar-refractivity contribution in [2.75, 3.05) is 0 Å². The molecular formula is C31H26. The molecule has 0 atom stereocenters. The van der Waals surface area contributed by atoms with Crippen molar-refractivity contribution in [2.24, 2.45) is 0 Å². The Labute approximate surface area is 184 Å². The summed E-state index contributed by atoms with van der Waals surface area (Å²) in [5.41, 5.74) is 8.95. The van der Waals surface area contributed by atoms with Gasteiger partial charge in [0.1, 0.15) is 0 Å². The molecule has 31 heavy (non-hydrogen) atoms. The molecule has 0 heterocycles. The topological polar surface area (TPSA) is 0 Å². The maximum Gasteiger partial charge on any atom is -0.00268 e. The molecule has 0 aliphatic rings. The van der Waals surface area contributed by atoms with E-state index in [1.165, 1.54) is 49.7 Å². The number of hydrogen-bond acceptors (Lipinski definition) is 0. The van der Waals surface area contributed by atoms with Gasteiger partial charge in [-0.1, -0.05) is 129 Å². The van der Waals surface area contributed by atoms with E-state index in [4.69, 9.17) is 0 Å². The van der Waals surface area contributed by atoms with Gasteiger partial charge in [0, 0.05) is 0 Å². The molecular weight excluding hydrogens is 372 g/mol. The van der Waals surface area contributed by atoms with Crippen molar-refractivity contribution in [3.8, 4) is 33.4 Å². The van der Waals surface area contributed by atoms with E-state index < -0.39 is 0 Å². The number of rotatable bonds is 4. The Morgan fingerprint density at radius 2 is 1.03 bits per heavy atom. The number of hydrogen-bond donors (Lipinski definition) is 0. The second kappa shape index (κ2) is 8.24. The fourth-order valence-electron chi connectivity index (χ4n) is 4.33. The molecule has 0 fully saturated rings. The summed E-state index contributed by atoms with van der Waals surface area (Å²) < 4.78 is 0. The molecule has 5 aromatic rings. The van der Waals surface area contributed by atoms with Gasteiger partial charge in [-0.3, -0.25) is 0 Å². The minimum atomic E-state index is 0.534. The highest BCUT2D eigenvalue weighted by molar-refractivity contribution is 6.04. The van der Waals surface area contributed by atoms with Crippen LogP contribution < -0.4 is 0 Å². The first-order valence-electron chi connectivity index (χ1n) is 11.0. The molecule has 0 unspecified atom stereocenters. The first-order valence-corrected chi connectivity index (χ1v) is 11.0. The Balaban J connectivity index is 1.66. The zero-order chi connectivity index (χ0) is 21.2. The lowest BCUT2D eigenvalue weighted by molar-refractivity contribution is 0.867. The molecule has 0 heteroatoms. The molecule has 0 nitrogen and oxygen atoms in total. The van der Waals surface area contributed by atoms with Crippen LogP contribution in [0, 0.1) is 0 Å². The van der Waals surface area contributed by atoms with E-state index in [1.54, 1.807) is 0 Å². The van der Waals surface area contributed by atoms with Crippen LogP contribution in [-0.2, 0) is 0 Å². The summed E-state index contributed by atoms with van der Waals surface area (Å²) in [6, 6.07) is 41.8. The largest absolute Gasteiger partial charge is 0.0622 e. The summed E-state index contributed by atoms with van der Waals surface area (Å²) in [5, 5.41) is 2.57. The standard InChI is InChI=1S/C31H26/c1-22(2)23-12-18-28(19-13-23)31-29-11-7-6-10-26(29)20-21-30(31)27-16-14-25(15-17-27)24-8-4-3-5-9-24/h3-22H,1-2H3.